The fraction of sp³-hybridized carbons (Fsp3) is 0.444. The standard InChI is InChI=1S/C18H24/c1-3-5-7-15-9-11-17-12-10-16(8-6-4-2)14-18(17)13-15/h9-14H,3-8H2,1-2H3. The number of aryl methyl sites for hydroxylation is 2. The van der Waals surface area contributed by atoms with Crippen LogP contribution in [0.5, 0.6) is 0 Å². The van der Waals surface area contributed by atoms with Gasteiger partial charge in [0.05, 0.1) is 0 Å². The van der Waals surface area contributed by atoms with Gasteiger partial charge in [0.25, 0.3) is 0 Å². The third kappa shape index (κ3) is 3.35. The summed E-state index contributed by atoms with van der Waals surface area (Å²) < 4.78 is 0. The molecule has 0 aliphatic carbocycles. The monoisotopic (exact) mass is 240 g/mol. The largest absolute Gasteiger partial charge is 0.0654 e. The third-order valence-electron chi connectivity index (χ3n) is 3.61. The number of hydrogen-bond acceptors (Lipinski definition) is 0. The van der Waals surface area contributed by atoms with Gasteiger partial charge in [-0.05, 0) is 47.6 Å². The summed E-state index contributed by atoms with van der Waals surface area (Å²) in [6, 6.07) is 13.8. The lowest BCUT2D eigenvalue weighted by Crippen LogP contribution is -1.87. The Balaban J connectivity index is 2.22. The summed E-state index contributed by atoms with van der Waals surface area (Å²) in [7, 11) is 0. The van der Waals surface area contributed by atoms with Gasteiger partial charge in [0, 0.05) is 0 Å². The summed E-state index contributed by atoms with van der Waals surface area (Å²) in [4.78, 5) is 0. The Morgan fingerprint density at radius 2 is 1.17 bits per heavy atom. The molecule has 0 unspecified atom stereocenters. The van der Waals surface area contributed by atoms with Gasteiger partial charge in [-0.25, -0.2) is 0 Å². The second-order valence-electron chi connectivity index (χ2n) is 5.22. The third-order valence-corrected chi connectivity index (χ3v) is 3.61. The highest BCUT2D eigenvalue weighted by molar-refractivity contribution is 5.83. The fourth-order valence-corrected chi connectivity index (χ4v) is 2.42. The lowest BCUT2D eigenvalue weighted by atomic mass is 10.00. The fourth-order valence-electron chi connectivity index (χ4n) is 2.42. The molecule has 0 atom stereocenters. The highest BCUT2D eigenvalue weighted by Gasteiger charge is 1.99. The van der Waals surface area contributed by atoms with Gasteiger partial charge in [-0.15, -0.1) is 0 Å². The molecule has 0 fully saturated rings. The average molecular weight is 240 g/mol. The maximum Gasteiger partial charge on any atom is -0.0179 e. The van der Waals surface area contributed by atoms with Crippen molar-refractivity contribution in [2.75, 3.05) is 0 Å². The summed E-state index contributed by atoms with van der Waals surface area (Å²) in [6.45, 7) is 4.51. The van der Waals surface area contributed by atoms with E-state index in [4.69, 9.17) is 0 Å². The predicted octanol–water partition coefficient (Wildman–Crippen LogP) is 5.53. The molecule has 18 heavy (non-hydrogen) atoms. The topological polar surface area (TPSA) is 0 Å². The van der Waals surface area contributed by atoms with Crippen molar-refractivity contribution in [3.63, 3.8) is 0 Å². The number of hydrogen-bond donors (Lipinski definition) is 0. The van der Waals surface area contributed by atoms with Crippen LogP contribution in [-0.2, 0) is 12.8 Å². The molecule has 0 aliphatic heterocycles. The molecule has 0 radical (unpaired) electrons. The normalized spacial score (nSPS) is 11.0. The first-order chi connectivity index (χ1) is 8.83. The minimum atomic E-state index is 1.21. The van der Waals surface area contributed by atoms with Crippen LogP contribution in [0.4, 0.5) is 0 Å². The minimum Gasteiger partial charge on any atom is -0.0654 e. The lowest BCUT2D eigenvalue weighted by molar-refractivity contribution is 0.794. The van der Waals surface area contributed by atoms with Crippen molar-refractivity contribution < 1.29 is 0 Å². The smallest absolute Gasteiger partial charge is 0.0179 e. The van der Waals surface area contributed by atoms with E-state index in [1.165, 1.54) is 60.4 Å². The van der Waals surface area contributed by atoms with Crippen LogP contribution >= 0.6 is 0 Å². The molecule has 0 heterocycles. The SMILES string of the molecule is CCCCc1ccc2ccc(CCCC)cc2c1. The summed E-state index contributed by atoms with van der Waals surface area (Å²) in [5, 5.41) is 2.78. The Hall–Kier alpha value is -1.30. The van der Waals surface area contributed by atoms with E-state index in [-0.39, 0.29) is 0 Å². The molecule has 0 heteroatoms. The zero-order valence-corrected chi connectivity index (χ0v) is 11.7. The molecule has 2 aromatic carbocycles. The van der Waals surface area contributed by atoms with Crippen LogP contribution < -0.4 is 0 Å². The first-order valence-electron chi connectivity index (χ1n) is 7.35. The van der Waals surface area contributed by atoms with Crippen LogP contribution in [0.2, 0.25) is 0 Å². The van der Waals surface area contributed by atoms with Crippen molar-refractivity contribution in [3.05, 3.63) is 47.5 Å². The van der Waals surface area contributed by atoms with Crippen LogP contribution in [0.3, 0.4) is 0 Å². The van der Waals surface area contributed by atoms with Gasteiger partial charge in [-0.2, -0.15) is 0 Å². The van der Waals surface area contributed by atoms with Gasteiger partial charge in [-0.3, -0.25) is 0 Å². The van der Waals surface area contributed by atoms with E-state index in [1.54, 1.807) is 0 Å². The van der Waals surface area contributed by atoms with Crippen molar-refractivity contribution >= 4 is 10.8 Å². The molecule has 2 aromatic rings. The first kappa shape index (κ1) is 13.1. The number of benzene rings is 2. The number of fused-ring (bicyclic) bond motifs is 1. The molecule has 0 bridgehead atoms. The van der Waals surface area contributed by atoms with Crippen molar-refractivity contribution in [3.8, 4) is 0 Å². The van der Waals surface area contributed by atoms with Gasteiger partial charge in [0.1, 0.15) is 0 Å². The number of unbranched alkanes of at least 4 members (excludes halogenated alkanes) is 2. The Morgan fingerprint density at radius 1 is 0.667 bits per heavy atom. The highest BCUT2D eigenvalue weighted by Crippen LogP contribution is 2.20. The maximum absolute atomic E-state index is 2.38. The Morgan fingerprint density at radius 3 is 1.61 bits per heavy atom. The van der Waals surface area contributed by atoms with Crippen molar-refractivity contribution in [2.45, 2.75) is 52.4 Å². The van der Waals surface area contributed by atoms with Gasteiger partial charge >= 0.3 is 0 Å². The van der Waals surface area contributed by atoms with Gasteiger partial charge in [0.2, 0.25) is 0 Å². The van der Waals surface area contributed by atoms with E-state index in [0.717, 1.165) is 0 Å². The summed E-state index contributed by atoms with van der Waals surface area (Å²) in [5.41, 5.74) is 2.97. The predicted molar refractivity (Wildman–Crippen MR) is 81.2 cm³/mol. The second kappa shape index (κ2) is 6.58. The molecular weight excluding hydrogens is 216 g/mol. The Bertz CT molecular complexity index is 454. The lowest BCUT2D eigenvalue weighted by Gasteiger charge is -2.06. The molecule has 2 rings (SSSR count). The number of rotatable bonds is 6. The van der Waals surface area contributed by atoms with Gasteiger partial charge in [-0.1, -0.05) is 63.1 Å². The molecule has 0 saturated heterocycles. The Labute approximate surface area is 111 Å². The van der Waals surface area contributed by atoms with Crippen LogP contribution in [0, 0.1) is 0 Å². The molecular formula is C18H24. The van der Waals surface area contributed by atoms with Gasteiger partial charge < -0.3 is 0 Å². The van der Waals surface area contributed by atoms with Crippen LogP contribution in [0.1, 0.15) is 50.7 Å². The van der Waals surface area contributed by atoms with E-state index >= 15 is 0 Å². The summed E-state index contributed by atoms with van der Waals surface area (Å²) in [6.07, 6.45) is 7.56. The van der Waals surface area contributed by atoms with E-state index in [1.807, 2.05) is 0 Å². The molecule has 0 aromatic heterocycles. The second-order valence-corrected chi connectivity index (χ2v) is 5.22. The summed E-state index contributed by atoms with van der Waals surface area (Å²) in [5.74, 6) is 0. The van der Waals surface area contributed by atoms with Crippen LogP contribution in [0.15, 0.2) is 36.4 Å². The van der Waals surface area contributed by atoms with Crippen LogP contribution in [-0.4, -0.2) is 0 Å². The molecule has 0 spiro atoms. The molecule has 0 N–H and O–H groups in total. The highest BCUT2D eigenvalue weighted by atomic mass is 14.0. The molecule has 96 valence electrons. The van der Waals surface area contributed by atoms with Crippen molar-refractivity contribution in [1.82, 2.24) is 0 Å². The van der Waals surface area contributed by atoms with E-state index in [2.05, 4.69) is 50.2 Å². The summed E-state index contributed by atoms with van der Waals surface area (Å²) >= 11 is 0. The molecule has 0 aliphatic rings. The molecule has 0 saturated carbocycles. The van der Waals surface area contributed by atoms with E-state index in [9.17, 15) is 0 Å². The van der Waals surface area contributed by atoms with Crippen molar-refractivity contribution in [2.24, 2.45) is 0 Å². The average Bonchev–Trinajstić information content (AvgIpc) is 2.42. The molecule has 0 nitrogen and oxygen atoms in total. The minimum absolute atomic E-state index is 1.21. The van der Waals surface area contributed by atoms with Crippen molar-refractivity contribution in [1.29, 1.82) is 0 Å². The quantitative estimate of drug-likeness (QED) is 0.623. The van der Waals surface area contributed by atoms with E-state index in [0.29, 0.717) is 0 Å². The van der Waals surface area contributed by atoms with Crippen LogP contribution in [0.25, 0.3) is 10.8 Å². The Kier molecular flexibility index (Phi) is 4.81. The maximum atomic E-state index is 2.38. The van der Waals surface area contributed by atoms with Gasteiger partial charge in [0.15, 0.2) is 0 Å². The zero-order chi connectivity index (χ0) is 12.8. The molecule has 0 amide bonds. The first-order valence-corrected chi connectivity index (χ1v) is 7.35. The zero-order valence-electron chi connectivity index (χ0n) is 11.7. The van der Waals surface area contributed by atoms with E-state index < -0.39 is 0 Å².